The first-order valence-electron chi connectivity index (χ1n) is 8.18. The van der Waals surface area contributed by atoms with E-state index in [2.05, 4.69) is 5.32 Å². The molecule has 1 aromatic carbocycles. The minimum atomic E-state index is -0.423. The van der Waals surface area contributed by atoms with Crippen LogP contribution in [0, 0.1) is 0 Å². The van der Waals surface area contributed by atoms with E-state index in [1.807, 2.05) is 32.0 Å². The lowest BCUT2D eigenvalue weighted by Gasteiger charge is -2.32. The summed E-state index contributed by atoms with van der Waals surface area (Å²) in [6.45, 7) is 6.07. The van der Waals surface area contributed by atoms with Gasteiger partial charge in [0, 0.05) is 23.5 Å². The third-order valence-corrected chi connectivity index (χ3v) is 5.13. The summed E-state index contributed by atoms with van der Waals surface area (Å²) in [7, 11) is 0. The molecule has 1 fully saturated rings. The number of nitrogens with one attached hydrogen (secondary N) is 1. The second-order valence-corrected chi connectivity index (χ2v) is 7.37. The first kappa shape index (κ1) is 17.6. The van der Waals surface area contributed by atoms with Crippen LogP contribution in [-0.2, 0) is 14.3 Å². The highest BCUT2D eigenvalue weighted by Gasteiger charge is 2.34. The molecule has 7 nitrogen and oxygen atoms in total. The number of cyclic esters (lactones) is 1. The van der Waals surface area contributed by atoms with Crippen molar-refractivity contribution < 1.29 is 19.1 Å². The minimum Gasteiger partial charge on any atom is -0.442 e. The number of carbonyl (C=O) groups excluding carboxylic acids is 3. The van der Waals surface area contributed by atoms with Gasteiger partial charge in [-0.3, -0.25) is 14.5 Å². The summed E-state index contributed by atoms with van der Waals surface area (Å²) >= 11 is 1.48. The molecule has 134 valence electrons. The van der Waals surface area contributed by atoms with Crippen molar-refractivity contribution in [2.24, 2.45) is 0 Å². The Labute approximate surface area is 150 Å². The normalized spacial score (nSPS) is 19.9. The Hall–Kier alpha value is -2.22. The largest absolute Gasteiger partial charge is 0.442 e. The van der Waals surface area contributed by atoms with Gasteiger partial charge in [-0.25, -0.2) is 4.79 Å². The van der Waals surface area contributed by atoms with Gasteiger partial charge in [0.05, 0.1) is 24.5 Å². The molecule has 0 bridgehead atoms. The van der Waals surface area contributed by atoms with Crippen molar-refractivity contribution >= 4 is 41.0 Å². The lowest BCUT2D eigenvalue weighted by molar-refractivity contribution is -0.119. The van der Waals surface area contributed by atoms with Gasteiger partial charge < -0.3 is 15.0 Å². The molecule has 0 spiro atoms. The Morgan fingerprint density at radius 1 is 1.40 bits per heavy atom. The van der Waals surface area contributed by atoms with Crippen LogP contribution in [0.3, 0.4) is 0 Å². The SMILES string of the molecule is CC(=O)NC[C@H]1CN(c2ccc3c(c2)SCC(=O)N3C(C)C)C(=O)O1. The maximum Gasteiger partial charge on any atom is 0.414 e. The van der Waals surface area contributed by atoms with Crippen LogP contribution in [0.5, 0.6) is 0 Å². The fourth-order valence-electron chi connectivity index (χ4n) is 2.99. The van der Waals surface area contributed by atoms with Gasteiger partial charge in [0.2, 0.25) is 11.8 Å². The van der Waals surface area contributed by atoms with Crippen LogP contribution in [0.4, 0.5) is 16.2 Å². The molecule has 2 aliphatic rings. The number of hydrogen-bond donors (Lipinski definition) is 1. The van der Waals surface area contributed by atoms with Gasteiger partial charge in [0.25, 0.3) is 0 Å². The topological polar surface area (TPSA) is 79.0 Å². The van der Waals surface area contributed by atoms with Gasteiger partial charge in [-0.05, 0) is 32.0 Å². The minimum absolute atomic E-state index is 0.0804. The van der Waals surface area contributed by atoms with Crippen molar-refractivity contribution in [3.05, 3.63) is 18.2 Å². The average Bonchev–Trinajstić information content (AvgIpc) is 2.93. The highest BCUT2D eigenvalue weighted by molar-refractivity contribution is 8.00. The Morgan fingerprint density at radius 2 is 2.16 bits per heavy atom. The van der Waals surface area contributed by atoms with Gasteiger partial charge in [-0.2, -0.15) is 0 Å². The lowest BCUT2D eigenvalue weighted by Crippen LogP contribution is -2.40. The highest BCUT2D eigenvalue weighted by Crippen LogP contribution is 2.39. The Kier molecular flexibility index (Phi) is 4.89. The van der Waals surface area contributed by atoms with E-state index in [1.54, 1.807) is 9.80 Å². The van der Waals surface area contributed by atoms with Crippen molar-refractivity contribution in [1.29, 1.82) is 0 Å². The molecule has 2 aliphatic heterocycles. The molecule has 0 saturated carbocycles. The van der Waals surface area contributed by atoms with Gasteiger partial charge in [-0.15, -0.1) is 11.8 Å². The zero-order valence-electron chi connectivity index (χ0n) is 14.4. The molecule has 1 saturated heterocycles. The van der Waals surface area contributed by atoms with Crippen LogP contribution in [0.2, 0.25) is 0 Å². The van der Waals surface area contributed by atoms with Gasteiger partial charge in [-0.1, -0.05) is 0 Å². The Bertz CT molecular complexity index is 722. The third kappa shape index (κ3) is 3.58. The molecule has 1 N–H and O–H groups in total. The van der Waals surface area contributed by atoms with Crippen LogP contribution in [0.1, 0.15) is 20.8 Å². The number of thioether (sulfide) groups is 1. The number of amides is 3. The fraction of sp³-hybridized carbons (Fsp3) is 0.471. The van der Waals surface area contributed by atoms with Gasteiger partial charge >= 0.3 is 6.09 Å². The molecule has 3 rings (SSSR count). The number of rotatable bonds is 4. The van der Waals surface area contributed by atoms with Crippen LogP contribution in [0.15, 0.2) is 23.1 Å². The van der Waals surface area contributed by atoms with E-state index < -0.39 is 6.09 Å². The second-order valence-electron chi connectivity index (χ2n) is 6.35. The second kappa shape index (κ2) is 6.95. The monoisotopic (exact) mass is 363 g/mol. The highest BCUT2D eigenvalue weighted by atomic mass is 32.2. The van der Waals surface area contributed by atoms with Crippen molar-refractivity contribution in [3.8, 4) is 0 Å². The fourth-order valence-corrected chi connectivity index (χ4v) is 3.93. The quantitative estimate of drug-likeness (QED) is 0.885. The van der Waals surface area contributed by atoms with E-state index in [-0.39, 0.29) is 24.0 Å². The van der Waals surface area contributed by atoms with E-state index in [1.165, 1.54) is 18.7 Å². The van der Waals surface area contributed by atoms with Crippen LogP contribution in [-0.4, -0.2) is 48.9 Å². The Balaban J connectivity index is 1.79. The third-order valence-electron chi connectivity index (χ3n) is 4.10. The summed E-state index contributed by atoms with van der Waals surface area (Å²) in [5.41, 5.74) is 1.61. The predicted octanol–water partition coefficient (Wildman–Crippen LogP) is 1.99. The van der Waals surface area contributed by atoms with Gasteiger partial charge in [0.15, 0.2) is 0 Å². The predicted molar refractivity (Wildman–Crippen MR) is 96.1 cm³/mol. The van der Waals surface area contributed by atoms with Crippen LogP contribution in [0.25, 0.3) is 0 Å². The van der Waals surface area contributed by atoms with Gasteiger partial charge in [0.1, 0.15) is 6.10 Å². The van der Waals surface area contributed by atoms with Crippen molar-refractivity contribution in [1.82, 2.24) is 5.32 Å². The molecule has 0 radical (unpaired) electrons. The summed E-state index contributed by atoms with van der Waals surface area (Å²) in [5, 5.41) is 2.66. The molecule has 0 aliphatic carbocycles. The lowest BCUT2D eigenvalue weighted by atomic mass is 10.2. The number of carbonyl (C=O) groups is 3. The standard InChI is InChI=1S/C17H21N3O4S/c1-10(2)20-14-5-4-12(6-15(14)25-9-16(20)22)19-8-13(24-17(19)23)7-18-11(3)21/h4-6,10,13H,7-9H2,1-3H3,(H,18,21)/t13-/m0/s1. The first-order valence-corrected chi connectivity index (χ1v) is 9.17. The molecular weight excluding hydrogens is 342 g/mol. The summed E-state index contributed by atoms with van der Waals surface area (Å²) in [5.74, 6) is 0.332. The molecular formula is C17H21N3O4S. The first-order chi connectivity index (χ1) is 11.9. The maximum absolute atomic E-state index is 12.1. The molecule has 8 heteroatoms. The molecule has 1 atom stereocenters. The smallest absolute Gasteiger partial charge is 0.414 e. The molecule has 0 aromatic heterocycles. The van der Waals surface area contributed by atoms with E-state index in [0.29, 0.717) is 18.8 Å². The molecule has 3 amide bonds. The zero-order chi connectivity index (χ0) is 18.1. The summed E-state index contributed by atoms with van der Waals surface area (Å²) < 4.78 is 5.30. The summed E-state index contributed by atoms with van der Waals surface area (Å²) in [6, 6.07) is 5.71. The zero-order valence-corrected chi connectivity index (χ0v) is 15.3. The van der Waals surface area contributed by atoms with Crippen molar-refractivity contribution in [3.63, 3.8) is 0 Å². The van der Waals surface area contributed by atoms with E-state index in [4.69, 9.17) is 4.74 Å². The summed E-state index contributed by atoms with van der Waals surface area (Å²) in [6.07, 6.45) is -0.790. The number of benzene rings is 1. The molecule has 25 heavy (non-hydrogen) atoms. The summed E-state index contributed by atoms with van der Waals surface area (Å²) in [4.78, 5) is 39.6. The number of hydrogen-bond acceptors (Lipinski definition) is 5. The Morgan fingerprint density at radius 3 is 2.84 bits per heavy atom. The van der Waals surface area contributed by atoms with E-state index in [9.17, 15) is 14.4 Å². The van der Waals surface area contributed by atoms with Crippen molar-refractivity contribution in [2.45, 2.75) is 37.8 Å². The van der Waals surface area contributed by atoms with Crippen LogP contribution < -0.4 is 15.1 Å². The maximum atomic E-state index is 12.1. The molecule has 1 aromatic rings. The van der Waals surface area contributed by atoms with E-state index in [0.717, 1.165) is 16.3 Å². The van der Waals surface area contributed by atoms with E-state index >= 15 is 0 Å². The van der Waals surface area contributed by atoms with Crippen LogP contribution >= 0.6 is 11.8 Å². The number of ether oxygens (including phenoxy) is 1. The number of anilines is 2. The molecule has 2 heterocycles. The number of nitrogens with zero attached hydrogens (tertiary/aromatic N) is 2. The average molecular weight is 363 g/mol. The number of fused-ring (bicyclic) bond motifs is 1. The molecule has 0 unspecified atom stereocenters. The van der Waals surface area contributed by atoms with Crippen molar-refractivity contribution in [2.75, 3.05) is 28.6 Å².